The molecular formula is C16H23NO4. The van der Waals surface area contributed by atoms with Crippen LogP contribution < -0.4 is 0 Å². The van der Waals surface area contributed by atoms with Crippen molar-refractivity contribution in [1.29, 1.82) is 0 Å². The third-order valence-electron chi connectivity index (χ3n) is 3.29. The van der Waals surface area contributed by atoms with Crippen molar-refractivity contribution >= 4 is 11.9 Å². The fourth-order valence-electron chi connectivity index (χ4n) is 1.97. The Hall–Kier alpha value is -1.88. The summed E-state index contributed by atoms with van der Waals surface area (Å²) in [5.41, 5.74) is 1.41. The van der Waals surface area contributed by atoms with Crippen molar-refractivity contribution in [2.75, 3.05) is 13.7 Å². The first-order valence-electron chi connectivity index (χ1n) is 6.88. The summed E-state index contributed by atoms with van der Waals surface area (Å²) in [7, 11) is 1.35. The second-order valence-electron chi connectivity index (χ2n) is 5.92. The van der Waals surface area contributed by atoms with Gasteiger partial charge in [0.05, 0.1) is 19.1 Å². The van der Waals surface area contributed by atoms with Crippen molar-refractivity contribution in [3.63, 3.8) is 0 Å². The quantitative estimate of drug-likeness (QED) is 0.816. The minimum absolute atomic E-state index is 0.109. The lowest BCUT2D eigenvalue weighted by Crippen LogP contribution is -2.42. The first-order chi connectivity index (χ1) is 9.74. The Morgan fingerprint density at radius 3 is 2.19 bits per heavy atom. The molecule has 1 aromatic carbocycles. The Balaban J connectivity index is 2.79. The number of rotatable bonds is 6. The molecule has 0 aliphatic carbocycles. The van der Waals surface area contributed by atoms with Crippen LogP contribution in [-0.2, 0) is 16.1 Å². The highest BCUT2D eigenvalue weighted by Crippen LogP contribution is 2.18. The number of ether oxygens (including phenoxy) is 1. The third-order valence-corrected chi connectivity index (χ3v) is 3.29. The predicted octanol–water partition coefficient (Wildman–Crippen LogP) is 2.55. The summed E-state index contributed by atoms with van der Waals surface area (Å²) < 4.78 is 4.66. The average molecular weight is 293 g/mol. The lowest BCUT2D eigenvalue weighted by atomic mass is 10.0. The van der Waals surface area contributed by atoms with Crippen molar-refractivity contribution in [3.8, 4) is 0 Å². The van der Waals surface area contributed by atoms with Gasteiger partial charge in [0.2, 0.25) is 0 Å². The van der Waals surface area contributed by atoms with E-state index in [9.17, 15) is 9.59 Å². The first kappa shape index (κ1) is 17.2. The standard InChI is InChI=1S/C16H23NO4/c1-16(2,3)17(10-9-14(18)19)11-12-5-7-13(8-6-12)15(20)21-4/h5-8H,9-11H2,1-4H3,(H,18,19). The number of methoxy groups -OCH3 is 1. The van der Waals surface area contributed by atoms with Gasteiger partial charge in [-0.2, -0.15) is 0 Å². The molecule has 0 bridgehead atoms. The van der Waals surface area contributed by atoms with E-state index in [-0.39, 0.29) is 17.9 Å². The van der Waals surface area contributed by atoms with Crippen LogP contribution in [0.3, 0.4) is 0 Å². The van der Waals surface area contributed by atoms with Crippen LogP contribution in [0.15, 0.2) is 24.3 Å². The normalized spacial score (nSPS) is 11.5. The van der Waals surface area contributed by atoms with Gasteiger partial charge >= 0.3 is 11.9 Å². The van der Waals surface area contributed by atoms with Crippen LogP contribution >= 0.6 is 0 Å². The van der Waals surface area contributed by atoms with Gasteiger partial charge < -0.3 is 9.84 Å². The number of carbonyl (C=O) groups excluding carboxylic acids is 1. The Labute approximate surface area is 125 Å². The second-order valence-corrected chi connectivity index (χ2v) is 5.92. The molecule has 0 unspecified atom stereocenters. The van der Waals surface area contributed by atoms with E-state index in [1.54, 1.807) is 12.1 Å². The molecule has 0 radical (unpaired) electrons. The van der Waals surface area contributed by atoms with E-state index >= 15 is 0 Å². The molecule has 0 aromatic heterocycles. The number of benzene rings is 1. The summed E-state index contributed by atoms with van der Waals surface area (Å²) in [6.45, 7) is 7.28. The smallest absolute Gasteiger partial charge is 0.337 e. The molecule has 116 valence electrons. The van der Waals surface area contributed by atoms with Crippen LogP contribution in [0.5, 0.6) is 0 Å². The van der Waals surface area contributed by atoms with E-state index in [1.165, 1.54) is 7.11 Å². The van der Waals surface area contributed by atoms with Crippen molar-refractivity contribution in [1.82, 2.24) is 4.90 Å². The van der Waals surface area contributed by atoms with Gasteiger partial charge in [-0.05, 0) is 38.5 Å². The molecule has 0 aliphatic rings. The van der Waals surface area contributed by atoms with Gasteiger partial charge in [-0.1, -0.05) is 12.1 Å². The van der Waals surface area contributed by atoms with Gasteiger partial charge in [-0.25, -0.2) is 4.79 Å². The molecular weight excluding hydrogens is 270 g/mol. The maximum absolute atomic E-state index is 11.4. The average Bonchev–Trinajstić information content (AvgIpc) is 2.41. The van der Waals surface area contributed by atoms with Crippen molar-refractivity contribution in [3.05, 3.63) is 35.4 Å². The zero-order valence-electron chi connectivity index (χ0n) is 13.0. The van der Waals surface area contributed by atoms with Crippen molar-refractivity contribution in [2.45, 2.75) is 39.3 Å². The molecule has 21 heavy (non-hydrogen) atoms. The predicted molar refractivity (Wildman–Crippen MR) is 80.2 cm³/mol. The number of esters is 1. The summed E-state index contributed by atoms with van der Waals surface area (Å²) in [6.07, 6.45) is 0.109. The highest BCUT2D eigenvalue weighted by atomic mass is 16.5. The summed E-state index contributed by atoms with van der Waals surface area (Å²) in [4.78, 5) is 24.2. The van der Waals surface area contributed by atoms with Crippen LogP contribution in [0.4, 0.5) is 0 Å². The molecule has 1 rings (SSSR count). The number of hydrogen-bond acceptors (Lipinski definition) is 4. The van der Waals surface area contributed by atoms with Crippen LogP contribution in [0, 0.1) is 0 Å². The molecule has 1 aromatic rings. The largest absolute Gasteiger partial charge is 0.481 e. The molecule has 0 spiro atoms. The Morgan fingerprint density at radius 2 is 1.76 bits per heavy atom. The molecule has 0 aliphatic heterocycles. The van der Waals surface area contributed by atoms with Crippen molar-refractivity contribution < 1.29 is 19.4 Å². The fourth-order valence-corrected chi connectivity index (χ4v) is 1.97. The van der Waals surface area contributed by atoms with E-state index in [0.29, 0.717) is 18.7 Å². The Kier molecular flexibility index (Phi) is 5.90. The van der Waals surface area contributed by atoms with Crippen LogP contribution in [0.25, 0.3) is 0 Å². The highest BCUT2D eigenvalue weighted by Gasteiger charge is 2.22. The van der Waals surface area contributed by atoms with Crippen LogP contribution in [-0.4, -0.2) is 41.1 Å². The third kappa shape index (κ3) is 5.55. The van der Waals surface area contributed by atoms with Gasteiger partial charge in [0.15, 0.2) is 0 Å². The first-order valence-corrected chi connectivity index (χ1v) is 6.88. The van der Waals surface area contributed by atoms with Gasteiger partial charge in [-0.15, -0.1) is 0 Å². The van der Waals surface area contributed by atoms with Crippen molar-refractivity contribution in [2.24, 2.45) is 0 Å². The number of carboxylic acids is 1. The van der Waals surface area contributed by atoms with E-state index in [2.05, 4.69) is 30.4 Å². The lowest BCUT2D eigenvalue weighted by molar-refractivity contribution is -0.137. The zero-order chi connectivity index (χ0) is 16.0. The SMILES string of the molecule is COC(=O)c1ccc(CN(CCC(=O)O)C(C)(C)C)cc1. The van der Waals surface area contributed by atoms with Gasteiger partial charge in [0.25, 0.3) is 0 Å². The van der Waals surface area contributed by atoms with E-state index in [1.807, 2.05) is 12.1 Å². The van der Waals surface area contributed by atoms with Crippen LogP contribution in [0.2, 0.25) is 0 Å². The number of carboxylic acid groups (broad SMARTS) is 1. The molecule has 1 N–H and O–H groups in total. The van der Waals surface area contributed by atoms with Gasteiger partial charge in [-0.3, -0.25) is 9.69 Å². The summed E-state index contributed by atoms with van der Waals surface area (Å²) >= 11 is 0. The monoisotopic (exact) mass is 293 g/mol. The molecule has 0 atom stereocenters. The molecule has 5 heteroatoms. The van der Waals surface area contributed by atoms with E-state index < -0.39 is 5.97 Å². The Bertz CT molecular complexity index is 488. The second kappa shape index (κ2) is 7.22. The minimum atomic E-state index is -0.801. The molecule has 5 nitrogen and oxygen atoms in total. The lowest BCUT2D eigenvalue weighted by Gasteiger charge is -2.35. The molecule has 0 saturated heterocycles. The fraction of sp³-hybridized carbons (Fsp3) is 0.500. The van der Waals surface area contributed by atoms with E-state index in [0.717, 1.165) is 5.56 Å². The molecule has 0 fully saturated rings. The number of hydrogen-bond donors (Lipinski definition) is 1. The number of aliphatic carboxylic acids is 1. The molecule has 0 heterocycles. The maximum Gasteiger partial charge on any atom is 0.337 e. The highest BCUT2D eigenvalue weighted by molar-refractivity contribution is 5.89. The van der Waals surface area contributed by atoms with Gasteiger partial charge in [0.1, 0.15) is 0 Å². The molecule has 0 amide bonds. The van der Waals surface area contributed by atoms with Gasteiger partial charge in [0, 0.05) is 18.6 Å². The maximum atomic E-state index is 11.4. The number of nitrogens with zero attached hydrogens (tertiary/aromatic N) is 1. The number of carbonyl (C=O) groups is 2. The topological polar surface area (TPSA) is 66.8 Å². The van der Waals surface area contributed by atoms with E-state index in [4.69, 9.17) is 5.11 Å². The summed E-state index contributed by atoms with van der Waals surface area (Å²) in [6, 6.07) is 7.18. The van der Waals surface area contributed by atoms with Crippen LogP contribution in [0.1, 0.15) is 43.1 Å². The molecule has 0 saturated carbocycles. The summed E-state index contributed by atoms with van der Waals surface area (Å²) in [5, 5.41) is 8.84. The minimum Gasteiger partial charge on any atom is -0.481 e. The zero-order valence-corrected chi connectivity index (χ0v) is 13.0. The Morgan fingerprint density at radius 1 is 1.19 bits per heavy atom. The summed E-state index contributed by atoms with van der Waals surface area (Å²) in [5.74, 6) is -1.16.